The molecule has 0 aliphatic rings. The summed E-state index contributed by atoms with van der Waals surface area (Å²) in [5.74, 6) is 0.637. The molecule has 0 aliphatic heterocycles. The van der Waals surface area contributed by atoms with E-state index in [0.717, 1.165) is 0 Å². The number of rotatable bonds is 5. The lowest BCUT2D eigenvalue weighted by Gasteiger charge is -2.05. The van der Waals surface area contributed by atoms with Gasteiger partial charge in [0.05, 0.1) is 19.8 Å². The van der Waals surface area contributed by atoms with Crippen molar-refractivity contribution < 1.29 is 14.9 Å². The third kappa shape index (κ3) is 6.11. The zero-order chi connectivity index (χ0) is 7.11. The third-order valence-corrected chi connectivity index (χ3v) is 0.939. The molecular formula is C5H12O3S. The highest BCUT2D eigenvalue weighted by Gasteiger charge is 1.99. The van der Waals surface area contributed by atoms with E-state index in [0.29, 0.717) is 12.4 Å². The predicted octanol–water partition coefficient (Wildman–Crippen LogP) is -0.714. The summed E-state index contributed by atoms with van der Waals surface area (Å²) in [6, 6.07) is 0. The summed E-state index contributed by atoms with van der Waals surface area (Å²) in [6.45, 7) is 0.462. The van der Waals surface area contributed by atoms with Crippen molar-refractivity contribution in [3.63, 3.8) is 0 Å². The highest BCUT2D eigenvalue weighted by Crippen LogP contribution is 1.83. The summed E-state index contributed by atoms with van der Waals surface area (Å²) in [4.78, 5) is 0. The molecule has 0 aromatic rings. The SMILES string of the molecule is OCC(O)COCCS. The van der Waals surface area contributed by atoms with Crippen molar-refractivity contribution in [1.82, 2.24) is 0 Å². The van der Waals surface area contributed by atoms with Gasteiger partial charge in [-0.15, -0.1) is 0 Å². The van der Waals surface area contributed by atoms with E-state index in [2.05, 4.69) is 12.6 Å². The summed E-state index contributed by atoms with van der Waals surface area (Å²) in [6.07, 6.45) is -0.745. The van der Waals surface area contributed by atoms with E-state index < -0.39 is 6.10 Å². The second kappa shape index (κ2) is 6.35. The Morgan fingerprint density at radius 3 is 2.67 bits per heavy atom. The van der Waals surface area contributed by atoms with Crippen LogP contribution in [-0.2, 0) is 4.74 Å². The average molecular weight is 152 g/mol. The van der Waals surface area contributed by atoms with Crippen LogP contribution >= 0.6 is 12.6 Å². The number of hydrogen-bond donors (Lipinski definition) is 3. The maximum atomic E-state index is 8.68. The smallest absolute Gasteiger partial charge is 0.100 e. The fraction of sp³-hybridized carbons (Fsp3) is 1.00. The molecule has 0 aliphatic carbocycles. The minimum absolute atomic E-state index is 0.192. The van der Waals surface area contributed by atoms with Gasteiger partial charge in [-0.25, -0.2) is 0 Å². The molecular weight excluding hydrogens is 140 g/mol. The van der Waals surface area contributed by atoms with Gasteiger partial charge in [0.15, 0.2) is 0 Å². The zero-order valence-corrected chi connectivity index (χ0v) is 6.05. The quantitative estimate of drug-likeness (QED) is 0.360. The van der Waals surface area contributed by atoms with E-state index in [1.807, 2.05) is 0 Å². The Bertz CT molecular complexity index is 60.2. The molecule has 0 spiro atoms. The standard InChI is InChI=1S/C5H12O3S/c6-3-5(7)4-8-1-2-9/h5-7,9H,1-4H2. The lowest BCUT2D eigenvalue weighted by Crippen LogP contribution is -2.19. The van der Waals surface area contributed by atoms with Gasteiger partial charge in [0.2, 0.25) is 0 Å². The van der Waals surface area contributed by atoms with Crippen molar-refractivity contribution in [2.24, 2.45) is 0 Å². The summed E-state index contributed by atoms with van der Waals surface area (Å²) in [5.41, 5.74) is 0. The van der Waals surface area contributed by atoms with Crippen molar-refractivity contribution in [2.45, 2.75) is 6.10 Å². The first kappa shape index (κ1) is 9.23. The Morgan fingerprint density at radius 2 is 2.22 bits per heavy atom. The van der Waals surface area contributed by atoms with Crippen LogP contribution in [0.5, 0.6) is 0 Å². The summed E-state index contributed by atoms with van der Waals surface area (Å²) in [7, 11) is 0. The molecule has 1 unspecified atom stereocenters. The van der Waals surface area contributed by atoms with E-state index >= 15 is 0 Å². The summed E-state index contributed by atoms with van der Waals surface area (Å²) < 4.78 is 4.85. The van der Waals surface area contributed by atoms with Crippen LogP contribution in [0.2, 0.25) is 0 Å². The first-order valence-electron chi connectivity index (χ1n) is 2.78. The Balaban J connectivity index is 2.88. The third-order valence-electron chi connectivity index (χ3n) is 0.757. The van der Waals surface area contributed by atoms with Gasteiger partial charge in [-0.3, -0.25) is 0 Å². The zero-order valence-electron chi connectivity index (χ0n) is 5.16. The van der Waals surface area contributed by atoms with Crippen LogP contribution < -0.4 is 0 Å². The first-order chi connectivity index (χ1) is 4.31. The van der Waals surface area contributed by atoms with E-state index in [1.54, 1.807) is 0 Å². The number of thiol groups is 1. The molecule has 3 nitrogen and oxygen atoms in total. The van der Waals surface area contributed by atoms with Gasteiger partial charge in [-0.05, 0) is 0 Å². The first-order valence-corrected chi connectivity index (χ1v) is 3.42. The van der Waals surface area contributed by atoms with Crippen molar-refractivity contribution in [2.75, 3.05) is 25.6 Å². The summed E-state index contributed by atoms with van der Waals surface area (Å²) in [5, 5.41) is 17.0. The van der Waals surface area contributed by atoms with E-state index in [-0.39, 0.29) is 13.2 Å². The van der Waals surface area contributed by atoms with Crippen LogP contribution in [0.15, 0.2) is 0 Å². The molecule has 0 heterocycles. The predicted molar refractivity (Wildman–Crippen MR) is 37.8 cm³/mol. The van der Waals surface area contributed by atoms with E-state index in [1.165, 1.54) is 0 Å². The van der Waals surface area contributed by atoms with Crippen LogP contribution in [0.25, 0.3) is 0 Å². The fourth-order valence-electron chi connectivity index (χ4n) is 0.337. The Morgan fingerprint density at radius 1 is 1.56 bits per heavy atom. The average Bonchev–Trinajstić information content (AvgIpc) is 1.89. The molecule has 0 saturated carbocycles. The summed E-state index contributed by atoms with van der Waals surface area (Å²) >= 11 is 3.88. The Labute approximate surface area is 60.1 Å². The largest absolute Gasteiger partial charge is 0.394 e. The van der Waals surface area contributed by atoms with Crippen molar-refractivity contribution >= 4 is 12.6 Å². The molecule has 4 heteroatoms. The maximum Gasteiger partial charge on any atom is 0.100 e. The number of ether oxygens (including phenoxy) is 1. The lowest BCUT2D eigenvalue weighted by atomic mass is 10.4. The van der Waals surface area contributed by atoms with E-state index in [4.69, 9.17) is 14.9 Å². The molecule has 0 bridgehead atoms. The molecule has 0 fully saturated rings. The van der Waals surface area contributed by atoms with Crippen molar-refractivity contribution in [1.29, 1.82) is 0 Å². The van der Waals surface area contributed by atoms with Gasteiger partial charge in [-0.2, -0.15) is 12.6 Å². The van der Waals surface area contributed by atoms with Gasteiger partial charge in [-0.1, -0.05) is 0 Å². The van der Waals surface area contributed by atoms with Crippen LogP contribution in [0.3, 0.4) is 0 Å². The molecule has 0 aromatic carbocycles. The van der Waals surface area contributed by atoms with Gasteiger partial charge in [0.1, 0.15) is 6.10 Å². The minimum Gasteiger partial charge on any atom is -0.394 e. The molecule has 0 saturated heterocycles. The topological polar surface area (TPSA) is 49.7 Å². The van der Waals surface area contributed by atoms with Crippen LogP contribution in [0.4, 0.5) is 0 Å². The molecule has 0 aromatic heterocycles. The minimum atomic E-state index is -0.745. The van der Waals surface area contributed by atoms with Crippen molar-refractivity contribution in [3.05, 3.63) is 0 Å². The molecule has 0 radical (unpaired) electrons. The highest BCUT2D eigenvalue weighted by molar-refractivity contribution is 7.80. The molecule has 9 heavy (non-hydrogen) atoms. The second-order valence-electron chi connectivity index (χ2n) is 1.63. The van der Waals surface area contributed by atoms with Crippen LogP contribution in [0.1, 0.15) is 0 Å². The lowest BCUT2D eigenvalue weighted by molar-refractivity contribution is 0.0112. The van der Waals surface area contributed by atoms with Crippen molar-refractivity contribution in [3.8, 4) is 0 Å². The Hall–Kier alpha value is 0.230. The van der Waals surface area contributed by atoms with Crippen LogP contribution in [0, 0.1) is 0 Å². The van der Waals surface area contributed by atoms with E-state index in [9.17, 15) is 0 Å². The normalized spacial score (nSPS) is 13.7. The molecule has 56 valence electrons. The van der Waals surface area contributed by atoms with Gasteiger partial charge in [0.25, 0.3) is 0 Å². The van der Waals surface area contributed by atoms with Gasteiger partial charge < -0.3 is 14.9 Å². The fourth-order valence-corrected chi connectivity index (χ4v) is 0.466. The maximum absolute atomic E-state index is 8.68. The molecule has 0 rings (SSSR count). The molecule has 0 amide bonds. The second-order valence-corrected chi connectivity index (χ2v) is 2.08. The monoisotopic (exact) mass is 152 g/mol. The molecule has 2 N–H and O–H groups in total. The van der Waals surface area contributed by atoms with Gasteiger partial charge >= 0.3 is 0 Å². The molecule has 1 atom stereocenters. The number of aliphatic hydroxyl groups is 2. The number of hydrogen-bond acceptors (Lipinski definition) is 4. The number of aliphatic hydroxyl groups excluding tert-OH is 2. The van der Waals surface area contributed by atoms with Gasteiger partial charge in [0, 0.05) is 5.75 Å². The highest BCUT2D eigenvalue weighted by atomic mass is 32.1. The van der Waals surface area contributed by atoms with Crippen LogP contribution in [-0.4, -0.2) is 41.9 Å². The Kier molecular flexibility index (Phi) is 6.51.